The molecule has 2 heterocycles. The Morgan fingerprint density at radius 1 is 1.39 bits per heavy atom. The van der Waals surface area contributed by atoms with E-state index in [1.54, 1.807) is 4.90 Å². The molecule has 1 atom stereocenters. The molecule has 1 aliphatic heterocycles. The highest BCUT2D eigenvalue weighted by Crippen LogP contribution is 2.18. The maximum absolute atomic E-state index is 12.3. The topological polar surface area (TPSA) is 67.6 Å². The number of carbonyl (C=O) groups is 1. The van der Waals surface area contributed by atoms with E-state index >= 15 is 0 Å². The lowest BCUT2D eigenvalue weighted by atomic mass is 10.2. The molecule has 0 saturated carbocycles. The van der Waals surface area contributed by atoms with Gasteiger partial charge in [-0.2, -0.15) is 0 Å². The Kier molecular flexibility index (Phi) is 4.50. The van der Waals surface area contributed by atoms with Crippen LogP contribution in [0, 0.1) is 13.8 Å². The fraction of sp³-hybridized carbons (Fsp3) is 0.412. The van der Waals surface area contributed by atoms with Crippen LogP contribution in [-0.2, 0) is 6.54 Å². The molecule has 1 saturated heterocycles. The molecule has 6 nitrogen and oxygen atoms in total. The fourth-order valence-corrected chi connectivity index (χ4v) is 2.73. The van der Waals surface area contributed by atoms with E-state index in [1.165, 1.54) is 0 Å². The van der Waals surface area contributed by atoms with E-state index in [-0.39, 0.29) is 12.1 Å². The van der Waals surface area contributed by atoms with Crippen molar-refractivity contribution in [1.29, 1.82) is 0 Å². The van der Waals surface area contributed by atoms with Gasteiger partial charge in [-0.3, -0.25) is 0 Å². The van der Waals surface area contributed by atoms with Crippen LogP contribution in [0.5, 0.6) is 5.75 Å². The minimum absolute atomic E-state index is 0.0437. The molecule has 0 radical (unpaired) electrons. The molecule has 1 aromatic heterocycles. The van der Waals surface area contributed by atoms with Gasteiger partial charge in [0.05, 0.1) is 12.2 Å². The summed E-state index contributed by atoms with van der Waals surface area (Å²) >= 11 is 0. The van der Waals surface area contributed by atoms with E-state index in [0.29, 0.717) is 19.6 Å². The molecule has 1 aromatic carbocycles. The SMILES string of the molecule is Cc1noc(C)c1CNC(=O)N1CC[C@@H](Oc2ccccc2)C1. The Morgan fingerprint density at radius 2 is 2.17 bits per heavy atom. The van der Waals surface area contributed by atoms with E-state index < -0.39 is 0 Å². The monoisotopic (exact) mass is 315 g/mol. The molecule has 2 aromatic rings. The third kappa shape index (κ3) is 3.64. The molecule has 23 heavy (non-hydrogen) atoms. The Hall–Kier alpha value is -2.50. The van der Waals surface area contributed by atoms with Gasteiger partial charge in [0.15, 0.2) is 0 Å². The van der Waals surface area contributed by atoms with E-state index in [2.05, 4.69) is 10.5 Å². The van der Waals surface area contributed by atoms with Gasteiger partial charge in [-0.05, 0) is 26.0 Å². The highest BCUT2D eigenvalue weighted by atomic mass is 16.5. The number of hydrogen-bond donors (Lipinski definition) is 1. The number of para-hydroxylation sites is 1. The predicted molar refractivity (Wildman–Crippen MR) is 85.3 cm³/mol. The molecule has 2 amide bonds. The maximum atomic E-state index is 12.3. The van der Waals surface area contributed by atoms with Crippen LogP contribution >= 0.6 is 0 Å². The van der Waals surface area contributed by atoms with Crippen molar-refractivity contribution in [2.45, 2.75) is 32.9 Å². The number of amides is 2. The summed E-state index contributed by atoms with van der Waals surface area (Å²) in [7, 11) is 0. The number of aryl methyl sites for hydroxylation is 2. The van der Waals surface area contributed by atoms with Crippen LogP contribution in [0.4, 0.5) is 4.79 Å². The van der Waals surface area contributed by atoms with Crippen LogP contribution in [0.2, 0.25) is 0 Å². The molecule has 1 N–H and O–H groups in total. The first-order valence-electron chi connectivity index (χ1n) is 7.79. The summed E-state index contributed by atoms with van der Waals surface area (Å²) in [5.74, 6) is 1.59. The van der Waals surface area contributed by atoms with Gasteiger partial charge in [0.2, 0.25) is 0 Å². The van der Waals surface area contributed by atoms with Crippen molar-refractivity contribution in [3.63, 3.8) is 0 Å². The third-order valence-electron chi connectivity index (χ3n) is 4.08. The van der Waals surface area contributed by atoms with Crippen molar-refractivity contribution in [3.05, 3.63) is 47.3 Å². The lowest BCUT2D eigenvalue weighted by molar-refractivity contribution is 0.186. The number of nitrogens with one attached hydrogen (secondary N) is 1. The normalized spacial score (nSPS) is 17.3. The highest BCUT2D eigenvalue weighted by molar-refractivity contribution is 5.74. The average molecular weight is 315 g/mol. The van der Waals surface area contributed by atoms with Crippen molar-refractivity contribution in [1.82, 2.24) is 15.4 Å². The maximum Gasteiger partial charge on any atom is 0.317 e. The first-order chi connectivity index (χ1) is 11.1. The second-order valence-corrected chi connectivity index (χ2v) is 5.75. The number of hydrogen-bond acceptors (Lipinski definition) is 4. The summed E-state index contributed by atoms with van der Waals surface area (Å²) in [6.07, 6.45) is 0.885. The van der Waals surface area contributed by atoms with Crippen LogP contribution in [0.1, 0.15) is 23.4 Å². The van der Waals surface area contributed by atoms with Crippen LogP contribution in [-0.4, -0.2) is 35.3 Å². The first kappa shape index (κ1) is 15.4. The number of likely N-dealkylation sites (tertiary alicyclic amines) is 1. The number of rotatable bonds is 4. The zero-order valence-corrected chi connectivity index (χ0v) is 13.4. The molecular formula is C17H21N3O3. The lowest BCUT2D eigenvalue weighted by Gasteiger charge is -2.18. The number of benzene rings is 1. The molecule has 122 valence electrons. The lowest BCUT2D eigenvalue weighted by Crippen LogP contribution is -2.39. The molecular weight excluding hydrogens is 294 g/mol. The molecule has 0 spiro atoms. The van der Waals surface area contributed by atoms with Crippen molar-refractivity contribution >= 4 is 6.03 Å². The summed E-state index contributed by atoms with van der Waals surface area (Å²) in [5.41, 5.74) is 1.75. The van der Waals surface area contributed by atoms with Gasteiger partial charge >= 0.3 is 6.03 Å². The number of ether oxygens (including phenoxy) is 1. The minimum atomic E-state index is -0.0795. The number of aromatic nitrogens is 1. The molecule has 0 unspecified atom stereocenters. The minimum Gasteiger partial charge on any atom is -0.489 e. The van der Waals surface area contributed by atoms with Crippen molar-refractivity contribution in [2.24, 2.45) is 0 Å². The number of nitrogens with zero attached hydrogens (tertiary/aromatic N) is 2. The van der Waals surface area contributed by atoms with E-state index in [9.17, 15) is 4.79 Å². The van der Waals surface area contributed by atoms with Gasteiger partial charge in [0, 0.05) is 25.1 Å². The molecule has 1 aliphatic rings. The van der Waals surface area contributed by atoms with Gasteiger partial charge in [0.25, 0.3) is 0 Å². The van der Waals surface area contributed by atoms with Crippen LogP contribution in [0.3, 0.4) is 0 Å². The highest BCUT2D eigenvalue weighted by Gasteiger charge is 2.27. The van der Waals surface area contributed by atoms with Gasteiger partial charge in [-0.25, -0.2) is 4.79 Å². The number of carbonyl (C=O) groups excluding carboxylic acids is 1. The largest absolute Gasteiger partial charge is 0.489 e. The second-order valence-electron chi connectivity index (χ2n) is 5.75. The summed E-state index contributed by atoms with van der Waals surface area (Å²) in [4.78, 5) is 14.1. The Balaban J connectivity index is 1.49. The summed E-state index contributed by atoms with van der Waals surface area (Å²) in [6.45, 7) is 5.45. The molecule has 3 rings (SSSR count). The molecule has 0 bridgehead atoms. The van der Waals surface area contributed by atoms with Crippen LogP contribution < -0.4 is 10.1 Å². The van der Waals surface area contributed by atoms with E-state index in [1.807, 2.05) is 44.2 Å². The summed E-state index contributed by atoms with van der Waals surface area (Å²) < 4.78 is 11.0. The van der Waals surface area contributed by atoms with Crippen molar-refractivity contribution < 1.29 is 14.1 Å². The Morgan fingerprint density at radius 3 is 2.87 bits per heavy atom. The van der Waals surface area contributed by atoms with Crippen molar-refractivity contribution in [3.8, 4) is 5.75 Å². The fourth-order valence-electron chi connectivity index (χ4n) is 2.73. The molecule has 1 fully saturated rings. The zero-order chi connectivity index (χ0) is 16.2. The zero-order valence-electron chi connectivity index (χ0n) is 13.4. The van der Waals surface area contributed by atoms with Gasteiger partial charge in [-0.1, -0.05) is 23.4 Å². The molecule has 0 aliphatic carbocycles. The van der Waals surface area contributed by atoms with Gasteiger partial charge in [-0.15, -0.1) is 0 Å². The van der Waals surface area contributed by atoms with E-state index in [4.69, 9.17) is 9.26 Å². The van der Waals surface area contributed by atoms with Crippen molar-refractivity contribution in [2.75, 3.05) is 13.1 Å². The second kappa shape index (κ2) is 6.73. The van der Waals surface area contributed by atoms with Crippen LogP contribution in [0.15, 0.2) is 34.9 Å². The number of urea groups is 1. The van der Waals surface area contributed by atoms with Gasteiger partial charge in [0.1, 0.15) is 17.6 Å². The van der Waals surface area contributed by atoms with Gasteiger partial charge < -0.3 is 19.5 Å². The first-order valence-corrected chi connectivity index (χ1v) is 7.79. The smallest absolute Gasteiger partial charge is 0.317 e. The van der Waals surface area contributed by atoms with E-state index in [0.717, 1.165) is 29.2 Å². The van der Waals surface area contributed by atoms with Crippen LogP contribution in [0.25, 0.3) is 0 Å². The Bertz CT molecular complexity index is 649. The Labute approximate surface area is 135 Å². The average Bonchev–Trinajstić information content (AvgIpc) is 3.14. The third-order valence-corrected chi connectivity index (χ3v) is 4.08. The summed E-state index contributed by atoms with van der Waals surface area (Å²) in [5, 5.41) is 6.82. The molecule has 6 heteroatoms. The standard InChI is InChI=1S/C17H21N3O3/c1-12-16(13(2)23-19-12)10-18-17(21)20-9-8-15(11-20)22-14-6-4-3-5-7-14/h3-7,15H,8-11H2,1-2H3,(H,18,21)/t15-/m1/s1. The summed E-state index contributed by atoms with van der Waals surface area (Å²) in [6, 6.07) is 9.62. The predicted octanol–water partition coefficient (Wildman–Crippen LogP) is 2.65. The quantitative estimate of drug-likeness (QED) is 0.942.